The average molecular weight is 557 g/mol. The maximum atomic E-state index is 12.5. The molecule has 14 heteroatoms. The molecule has 3 aromatic rings. The number of benzene rings is 2. The molecule has 0 aliphatic rings. The van der Waals surface area contributed by atoms with Crippen LogP contribution in [-0.2, 0) is 21.8 Å². The molecule has 0 atom stereocenters. The molecule has 0 fully saturated rings. The van der Waals surface area contributed by atoms with Gasteiger partial charge in [-0.05, 0) is 36.4 Å². The van der Waals surface area contributed by atoms with Gasteiger partial charge in [-0.3, -0.25) is 4.79 Å². The minimum absolute atomic E-state index is 0.0358. The van der Waals surface area contributed by atoms with Crippen molar-refractivity contribution in [2.45, 2.75) is 5.03 Å². The van der Waals surface area contributed by atoms with Gasteiger partial charge in [0.15, 0.2) is 5.03 Å². The number of aromatic carboxylic acids is 1. The summed E-state index contributed by atoms with van der Waals surface area (Å²) in [5.41, 5.74) is 0.00953. The molecule has 3 N–H and O–H groups in total. The van der Waals surface area contributed by atoms with E-state index in [-0.39, 0.29) is 59.0 Å². The smallest absolute Gasteiger partial charge is 0.337 e. The summed E-state index contributed by atoms with van der Waals surface area (Å²) in [6, 6.07) is 8.49. The number of carboxylic acids is 1. The average Bonchev–Trinajstić information content (AvgIpc) is 3.26. The SMILES string of the molecule is Cn1cnc(S(=O)(=O)NCCOCCOc2ccc(NC(=O)c3ccc(Cl)cc3Cl)c(C(=O)O)c2)c1. The molecule has 0 saturated carbocycles. The Morgan fingerprint density at radius 1 is 1.08 bits per heavy atom. The van der Waals surface area contributed by atoms with E-state index in [0.29, 0.717) is 5.02 Å². The summed E-state index contributed by atoms with van der Waals surface area (Å²) < 4.78 is 38.9. The Hall–Kier alpha value is -3.16. The Kier molecular flexibility index (Phi) is 9.29. The number of halogens is 2. The number of carbonyl (C=O) groups excluding carboxylic acids is 1. The largest absolute Gasteiger partial charge is 0.491 e. The lowest BCUT2D eigenvalue weighted by molar-refractivity contribution is 0.0697. The number of rotatable bonds is 12. The second kappa shape index (κ2) is 12.2. The Balaban J connectivity index is 1.48. The predicted molar refractivity (Wildman–Crippen MR) is 133 cm³/mol. The van der Waals surface area contributed by atoms with Crippen LogP contribution in [0.15, 0.2) is 53.9 Å². The lowest BCUT2D eigenvalue weighted by Gasteiger charge is -2.12. The molecule has 0 spiro atoms. The summed E-state index contributed by atoms with van der Waals surface area (Å²) in [4.78, 5) is 28.0. The monoisotopic (exact) mass is 556 g/mol. The van der Waals surface area contributed by atoms with Crippen molar-refractivity contribution in [1.29, 1.82) is 0 Å². The van der Waals surface area contributed by atoms with Gasteiger partial charge in [-0.2, -0.15) is 0 Å². The summed E-state index contributed by atoms with van der Waals surface area (Å²) in [5, 5.41) is 12.5. The van der Waals surface area contributed by atoms with Crippen molar-refractivity contribution >= 4 is 50.8 Å². The lowest BCUT2D eigenvalue weighted by atomic mass is 10.1. The van der Waals surface area contributed by atoms with Crippen molar-refractivity contribution in [2.75, 3.05) is 31.7 Å². The van der Waals surface area contributed by atoms with Crippen LogP contribution in [0, 0.1) is 0 Å². The summed E-state index contributed by atoms with van der Waals surface area (Å²) in [5.74, 6) is -1.62. The second-order valence-electron chi connectivity index (χ2n) is 7.33. The molecule has 0 unspecified atom stereocenters. The van der Waals surface area contributed by atoms with Gasteiger partial charge < -0.3 is 24.5 Å². The van der Waals surface area contributed by atoms with E-state index < -0.39 is 21.9 Å². The Labute approximate surface area is 217 Å². The Bertz CT molecular complexity index is 1360. The fourth-order valence-electron chi connectivity index (χ4n) is 2.93. The molecular formula is C22H22Cl2N4O7S. The molecule has 2 aromatic carbocycles. The van der Waals surface area contributed by atoms with Crippen molar-refractivity contribution in [3.8, 4) is 5.75 Å². The zero-order valence-electron chi connectivity index (χ0n) is 18.9. The molecule has 0 aliphatic carbocycles. The highest BCUT2D eigenvalue weighted by atomic mass is 35.5. The zero-order valence-corrected chi connectivity index (χ0v) is 21.2. The van der Waals surface area contributed by atoms with E-state index in [1.165, 1.54) is 53.5 Å². The highest BCUT2D eigenvalue weighted by Crippen LogP contribution is 2.25. The molecule has 192 valence electrons. The van der Waals surface area contributed by atoms with Crippen LogP contribution in [0.5, 0.6) is 5.75 Å². The number of carbonyl (C=O) groups is 2. The standard InChI is InChI=1S/C22H22Cl2N4O7S/c1-28-12-20(25-13-28)36(32,33)26-6-7-34-8-9-35-15-3-5-19(17(11-15)22(30)31)27-21(29)16-4-2-14(23)10-18(16)24/h2-5,10-13,26H,6-9H2,1H3,(H,27,29)(H,30,31). The van der Waals surface area contributed by atoms with Crippen LogP contribution in [0.4, 0.5) is 5.69 Å². The van der Waals surface area contributed by atoms with E-state index in [2.05, 4.69) is 15.0 Å². The third-order valence-electron chi connectivity index (χ3n) is 4.64. The van der Waals surface area contributed by atoms with Gasteiger partial charge >= 0.3 is 5.97 Å². The number of hydrogen-bond donors (Lipinski definition) is 3. The minimum atomic E-state index is -3.72. The Morgan fingerprint density at radius 3 is 2.53 bits per heavy atom. The highest BCUT2D eigenvalue weighted by Gasteiger charge is 2.18. The third-order valence-corrected chi connectivity index (χ3v) is 6.53. The van der Waals surface area contributed by atoms with E-state index in [1.807, 2.05) is 0 Å². The van der Waals surface area contributed by atoms with E-state index in [9.17, 15) is 23.1 Å². The molecule has 0 radical (unpaired) electrons. The van der Waals surface area contributed by atoms with Crippen LogP contribution < -0.4 is 14.8 Å². The minimum Gasteiger partial charge on any atom is -0.491 e. The van der Waals surface area contributed by atoms with Gasteiger partial charge in [0.1, 0.15) is 12.4 Å². The van der Waals surface area contributed by atoms with Crippen molar-refractivity contribution in [2.24, 2.45) is 7.05 Å². The van der Waals surface area contributed by atoms with Gasteiger partial charge in [0.2, 0.25) is 0 Å². The van der Waals surface area contributed by atoms with Crippen molar-refractivity contribution < 1.29 is 32.6 Å². The molecule has 0 bridgehead atoms. The summed E-state index contributed by atoms with van der Waals surface area (Å²) in [6.45, 7) is 0.335. The fourth-order valence-corrected chi connectivity index (χ4v) is 4.42. The van der Waals surface area contributed by atoms with E-state index in [4.69, 9.17) is 32.7 Å². The van der Waals surface area contributed by atoms with Gasteiger partial charge in [-0.1, -0.05) is 23.2 Å². The van der Waals surface area contributed by atoms with Crippen LogP contribution in [0.2, 0.25) is 10.0 Å². The number of sulfonamides is 1. The highest BCUT2D eigenvalue weighted by molar-refractivity contribution is 7.89. The van der Waals surface area contributed by atoms with Crippen LogP contribution in [0.25, 0.3) is 0 Å². The van der Waals surface area contributed by atoms with Crippen LogP contribution in [0.1, 0.15) is 20.7 Å². The van der Waals surface area contributed by atoms with Crippen molar-refractivity contribution in [1.82, 2.24) is 14.3 Å². The number of carboxylic acid groups (broad SMARTS) is 1. The second-order valence-corrected chi connectivity index (χ2v) is 9.88. The molecule has 1 heterocycles. The van der Waals surface area contributed by atoms with E-state index in [0.717, 1.165) is 0 Å². The number of imidazole rings is 1. The molecular weight excluding hydrogens is 535 g/mol. The van der Waals surface area contributed by atoms with Crippen molar-refractivity contribution in [3.63, 3.8) is 0 Å². The molecule has 0 aliphatic heterocycles. The van der Waals surface area contributed by atoms with Gasteiger partial charge in [0.05, 0.1) is 41.4 Å². The molecule has 1 aromatic heterocycles. The van der Waals surface area contributed by atoms with Crippen LogP contribution >= 0.6 is 23.2 Å². The fraction of sp³-hybridized carbons (Fsp3) is 0.227. The first-order valence-electron chi connectivity index (χ1n) is 10.4. The first-order chi connectivity index (χ1) is 17.1. The number of nitrogens with zero attached hydrogens (tertiary/aromatic N) is 2. The number of aromatic nitrogens is 2. The van der Waals surface area contributed by atoms with Crippen molar-refractivity contribution in [3.05, 3.63) is 70.1 Å². The number of hydrogen-bond acceptors (Lipinski definition) is 7. The van der Waals surface area contributed by atoms with Crippen LogP contribution in [0.3, 0.4) is 0 Å². The quantitative estimate of drug-likeness (QED) is 0.288. The third kappa shape index (κ3) is 7.42. The van der Waals surface area contributed by atoms with Gasteiger partial charge in [-0.25, -0.2) is 22.9 Å². The summed E-state index contributed by atoms with van der Waals surface area (Å²) in [7, 11) is -2.05. The molecule has 1 amide bonds. The summed E-state index contributed by atoms with van der Waals surface area (Å²) in [6.07, 6.45) is 2.76. The number of ether oxygens (including phenoxy) is 2. The first-order valence-corrected chi connectivity index (χ1v) is 12.6. The van der Waals surface area contributed by atoms with Gasteiger partial charge in [0.25, 0.3) is 15.9 Å². The molecule has 36 heavy (non-hydrogen) atoms. The maximum Gasteiger partial charge on any atom is 0.337 e. The number of anilines is 1. The lowest BCUT2D eigenvalue weighted by Crippen LogP contribution is -2.28. The topological polar surface area (TPSA) is 149 Å². The number of amides is 1. The maximum absolute atomic E-state index is 12.5. The Morgan fingerprint density at radius 2 is 1.86 bits per heavy atom. The zero-order chi connectivity index (χ0) is 26.3. The van der Waals surface area contributed by atoms with E-state index in [1.54, 1.807) is 7.05 Å². The van der Waals surface area contributed by atoms with E-state index >= 15 is 0 Å². The first kappa shape index (κ1) is 27.4. The number of aryl methyl sites for hydroxylation is 1. The van der Waals surface area contributed by atoms with Gasteiger partial charge in [-0.15, -0.1) is 0 Å². The normalized spacial score (nSPS) is 11.3. The molecule has 11 nitrogen and oxygen atoms in total. The van der Waals surface area contributed by atoms with Crippen LogP contribution in [-0.4, -0.2) is 61.3 Å². The summed E-state index contributed by atoms with van der Waals surface area (Å²) >= 11 is 11.9. The number of nitrogens with one attached hydrogen (secondary N) is 2. The van der Waals surface area contributed by atoms with Gasteiger partial charge in [0, 0.05) is 24.8 Å². The molecule has 3 rings (SSSR count). The molecule has 0 saturated heterocycles. The predicted octanol–water partition coefficient (Wildman–Crippen LogP) is 3.05.